The van der Waals surface area contributed by atoms with Gasteiger partial charge in [0.25, 0.3) is 0 Å². The lowest BCUT2D eigenvalue weighted by Crippen LogP contribution is -2.48. The Kier molecular flexibility index (Phi) is 7.62. The Hall–Kier alpha value is -2.70. The van der Waals surface area contributed by atoms with Crippen molar-refractivity contribution in [2.24, 2.45) is 0 Å². The molecule has 2 amide bonds. The molecule has 6 heteroatoms. The molecule has 0 radical (unpaired) electrons. The zero-order chi connectivity index (χ0) is 25.1. The van der Waals surface area contributed by atoms with Crippen molar-refractivity contribution in [2.75, 3.05) is 0 Å². The standard InChI is InChI=1S/C29H38N2O4/c1-20-11-3-5-13-22(20)26(28(34)15-7-8-16-28)30-24(32)19-25(33)31-27(29(35)17-9-10-18-29)23-14-6-4-12-21(23)2/h3-6,11-14,26-27,34-35H,7-10,15-19H2,1-2H3,(H,30,32)(H,31,33)/t26-,27-/m1/s1. The average Bonchev–Trinajstić information content (AvgIpc) is 3.47. The molecule has 2 aromatic rings. The van der Waals surface area contributed by atoms with Gasteiger partial charge in [-0.15, -0.1) is 0 Å². The SMILES string of the molecule is Cc1ccccc1[C@@H](NC(=O)CC(=O)N[C@H](c1ccccc1C)C1(O)CCCC1)C1(O)CCCC1. The molecule has 4 rings (SSSR count). The number of aliphatic hydroxyl groups is 2. The number of carbonyl (C=O) groups is 2. The van der Waals surface area contributed by atoms with Crippen LogP contribution < -0.4 is 10.6 Å². The molecule has 2 fully saturated rings. The third kappa shape index (κ3) is 5.60. The van der Waals surface area contributed by atoms with Gasteiger partial charge in [0.15, 0.2) is 0 Å². The Morgan fingerprint density at radius 3 is 1.40 bits per heavy atom. The topological polar surface area (TPSA) is 98.7 Å². The zero-order valence-electron chi connectivity index (χ0n) is 20.8. The largest absolute Gasteiger partial charge is 0.387 e. The number of nitrogens with one attached hydrogen (secondary N) is 2. The molecule has 4 N–H and O–H groups in total. The molecule has 0 heterocycles. The van der Waals surface area contributed by atoms with E-state index in [0.717, 1.165) is 47.9 Å². The molecule has 0 bridgehead atoms. The summed E-state index contributed by atoms with van der Waals surface area (Å²) in [5.41, 5.74) is 1.69. The van der Waals surface area contributed by atoms with Crippen molar-refractivity contribution >= 4 is 11.8 Å². The summed E-state index contributed by atoms with van der Waals surface area (Å²) in [5, 5.41) is 28.7. The number of hydrogen-bond donors (Lipinski definition) is 4. The molecule has 0 aliphatic heterocycles. The van der Waals surface area contributed by atoms with Crippen LogP contribution in [-0.4, -0.2) is 33.2 Å². The first-order chi connectivity index (χ1) is 16.7. The van der Waals surface area contributed by atoms with Gasteiger partial charge in [0.2, 0.25) is 11.8 Å². The smallest absolute Gasteiger partial charge is 0.230 e. The second-order valence-electron chi connectivity index (χ2n) is 10.5. The van der Waals surface area contributed by atoms with Crippen LogP contribution >= 0.6 is 0 Å². The van der Waals surface area contributed by atoms with E-state index in [4.69, 9.17) is 0 Å². The number of hydrogen-bond acceptors (Lipinski definition) is 4. The molecule has 0 aromatic heterocycles. The molecule has 2 atom stereocenters. The minimum absolute atomic E-state index is 0.364. The lowest BCUT2D eigenvalue weighted by molar-refractivity contribution is -0.132. The molecule has 2 aromatic carbocycles. The summed E-state index contributed by atoms with van der Waals surface area (Å²) < 4.78 is 0. The summed E-state index contributed by atoms with van der Waals surface area (Å²) in [6, 6.07) is 14.3. The normalized spacial score (nSPS) is 20.2. The predicted octanol–water partition coefficient (Wildman–Crippen LogP) is 4.32. The summed E-state index contributed by atoms with van der Waals surface area (Å²) in [7, 11) is 0. The molecule has 0 saturated heterocycles. The van der Waals surface area contributed by atoms with Crippen LogP contribution in [0.5, 0.6) is 0 Å². The van der Waals surface area contributed by atoms with Crippen molar-refractivity contribution in [3.05, 3.63) is 70.8 Å². The third-order valence-corrected chi connectivity index (χ3v) is 7.94. The van der Waals surface area contributed by atoms with E-state index < -0.39 is 35.1 Å². The number of carbonyl (C=O) groups excluding carboxylic acids is 2. The van der Waals surface area contributed by atoms with Crippen LogP contribution in [0.4, 0.5) is 0 Å². The first-order valence-corrected chi connectivity index (χ1v) is 12.9. The van der Waals surface area contributed by atoms with Crippen LogP contribution in [-0.2, 0) is 9.59 Å². The maximum atomic E-state index is 13.1. The maximum Gasteiger partial charge on any atom is 0.230 e. The van der Waals surface area contributed by atoms with Crippen molar-refractivity contribution in [3.8, 4) is 0 Å². The van der Waals surface area contributed by atoms with Gasteiger partial charge in [0, 0.05) is 0 Å². The summed E-state index contributed by atoms with van der Waals surface area (Å²) >= 11 is 0. The van der Waals surface area contributed by atoms with Gasteiger partial charge in [-0.2, -0.15) is 0 Å². The molecule has 2 saturated carbocycles. The van der Waals surface area contributed by atoms with E-state index in [1.165, 1.54) is 0 Å². The molecule has 6 nitrogen and oxygen atoms in total. The summed E-state index contributed by atoms with van der Waals surface area (Å²) in [6.45, 7) is 3.93. The van der Waals surface area contributed by atoms with Crippen molar-refractivity contribution < 1.29 is 19.8 Å². The Balaban J connectivity index is 1.50. The van der Waals surface area contributed by atoms with Gasteiger partial charge in [-0.3, -0.25) is 9.59 Å². The molecule has 2 aliphatic carbocycles. The minimum Gasteiger partial charge on any atom is -0.387 e. The summed E-state index contributed by atoms with van der Waals surface area (Å²) in [6.07, 6.45) is 5.72. The average molecular weight is 479 g/mol. The predicted molar refractivity (Wildman–Crippen MR) is 136 cm³/mol. The van der Waals surface area contributed by atoms with E-state index in [-0.39, 0.29) is 6.42 Å². The van der Waals surface area contributed by atoms with Crippen LogP contribution in [0.3, 0.4) is 0 Å². The van der Waals surface area contributed by atoms with E-state index in [1.807, 2.05) is 62.4 Å². The zero-order valence-corrected chi connectivity index (χ0v) is 20.8. The fourth-order valence-electron chi connectivity index (χ4n) is 5.95. The molecule has 0 unspecified atom stereocenters. The summed E-state index contributed by atoms with van der Waals surface area (Å²) in [5.74, 6) is -0.865. The highest BCUT2D eigenvalue weighted by Gasteiger charge is 2.43. The van der Waals surface area contributed by atoms with Crippen molar-refractivity contribution in [3.63, 3.8) is 0 Å². The van der Waals surface area contributed by atoms with Crippen LogP contribution in [0.2, 0.25) is 0 Å². The van der Waals surface area contributed by atoms with Gasteiger partial charge in [-0.1, -0.05) is 74.2 Å². The van der Waals surface area contributed by atoms with Crippen LogP contribution in [0.1, 0.15) is 92.1 Å². The molecule has 0 spiro atoms. The van der Waals surface area contributed by atoms with Crippen molar-refractivity contribution in [1.29, 1.82) is 0 Å². The van der Waals surface area contributed by atoms with E-state index in [1.54, 1.807) is 0 Å². The first kappa shape index (κ1) is 25.4. The highest BCUT2D eigenvalue weighted by Crippen LogP contribution is 2.42. The van der Waals surface area contributed by atoms with E-state index in [0.29, 0.717) is 25.7 Å². The monoisotopic (exact) mass is 478 g/mol. The van der Waals surface area contributed by atoms with Gasteiger partial charge < -0.3 is 20.8 Å². The van der Waals surface area contributed by atoms with E-state index in [2.05, 4.69) is 10.6 Å². The fraction of sp³-hybridized carbons (Fsp3) is 0.517. The van der Waals surface area contributed by atoms with Crippen LogP contribution in [0, 0.1) is 13.8 Å². The number of aryl methyl sites for hydroxylation is 2. The van der Waals surface area contributed by atoms with Crippen molar-refractivity contribution in [1.82, 2.24) is 10.6 Å². The molecular weight excluding hydrogens is 440 g/mol. The number of rotatable bonds is 8. The lowest BCUT2D eigenvalue weighted by atomic mass is 9.84. The Bertz CT molecular complexity index is 971. The van der Waals surface area contributed by atoms with E-state index in [9.17, 15) is 19.8 Å². The molecular formula is C29H38N2O4. The molecule has 35 heavy (non-hydrogen) atoms. The van der Waals surface area contributed by atoms with Gasteiger partial charge in [-0.25, -0.2) is 0 Å². The van der Waals surface area contributed by atoms with E-state index >= 15 is 0 Å². The fourth-order valence-corrected chi connectivity index (χ4v) is 5.95. The lowest BCUT2D eigenvalue weighted by Gasteiger charge is -2.35. The van der Waals surface area contributed by atoms with Crippen molar-refractivity contribution in [2.45, 2.75) is 94.9 Å². The molecule has 2 aliphatic rings. The second-order valence-corrected chi connectivity index (χ2v) is 10.5. The molecule has 188 valence electrons. The number of amides is 2. The third-order valence-electron chi connectivity index (χ3n) is 7.94. The highest BCUT2D eigenvalue weighted by atomic mass is 16.3. The quantitative estimate of drug-likeness (QED) is 0.425. The first-order valence-electron chi connectivity index (χ1n) is 12.9. The Labute approximate surface area is 208 Å². The highest BCUT2D eigenvalue weighted by molar-refractivity contribution is 5.97. The summed E-state index contributed by atoms with van der Waals surface area (Å²) in [4.78, 5) is 26.2. The minimum atomic E-state index is -1.03. The van der Waals surface area contributed by atoms with Gasteiger partial charge in [0.05, 0.1) is 23.3 Å². The van der Waals surface area contributed by atoms with Crippen LogP contribution in [0.15, 0.2) is 48.5 Å². The second kappa shape index (κ2) is 10.5. The number of benzene rings is 2. The Morgan fingerprint density at radius 2 is 1.06 bits per heavy atom. The van der Waals surface area contributed by atoms with Gasteiger partial charge in [0.1, 0.15) is 6.42 Å². The van der Waals surface area contributed by atoms with Crippen LogP contribution in [0.25, 0.3) is 0 Å². The Morgan fingerprint density at radius 1 is 0.714 bits per heavy atom. The van der Waals surface area contributed by atoms with Gasteiger partial charge >= 0.3 is 0 Å². The van der Waals surface area contributed by atoms with Gasteiger partial charge in [-0.05, 0) is 61.8 Å². The maximum absolute atomic E-state index is 13.1.